The van der Waals surface area contributed by atoms with Gasteiger partial charge in [0.15, 0.2) is 11.6 Å². The lowest BCUT2D eigenvalue weighted by Crippen LogP contribution is -2.20. The zero-order valence-corrected chi connectivity index (χ0v) is 11.5. The summed E-state index contributed by atoms with van der Waals surface area (Å²) in [5, 5.41) is 2.25. The highest BCUT2D eigenvalue weighted by molar-refractivity contribution is 9.10. The van der Waals surface area contributed by atoms with E-state index in [1.54, 1.807) is 0 Å². The predicted molar refractivity (Wildman–Crippen MR) is 66.8 cm³/mol. The minimum absolute atomic E-state index is 0.196. The highest BCUT2D eigenvalue weighted by Crippen LogP contribution is 2.25. The maximum atomic E-state index is 13.4. The molecule has 0 unspecified atom stereocenters. The van der Waals surface area contributed by atoms with Gasteiger partial charge in [0, 0.05) is 10.9 Å². The number of carbonyl (C=O) groups is 1. The van der Waals surface area contributed by atoms with Crippen LogP contribution < -0.4 is 5.32 Å². The fourth-order valence-electron chi connectivity index (χ4n) is 1.33. The lowest BCUT2D eigenvalue weighted by molar-refractivity contribution is -0.117. The molecule has 5 heteroatoms. The first-order chi connectivity index (χ1) is 7.69. The van der Waals surface area contributed by atoms with Gasteiger partial charge < -0.3 is 5.32 Å². The van der Waals surface area contributed by atoms with E-state index in [1.165, 1.54) is 0 Å². The molecular formula is C12H14BrF2NO. The Balaban J connectivity index is 2.86. The Hall–Kier alpha value is -0.970. The van der Waals surface area contributed by atoms with Crippen LogP contribution in [0.5, 0.6) is 0 Å². The minimum atomic E-state index is -0.792. The molecule has 2 nitrogen and oxygen atoms in total. The van der Waals surface area contributed by atoms with Crippen LogP contribution in [0.25, 0.3) is 0 Å². The number of nitrogens with one attached hydrogen (secondary N) is 1. The quantitative estimate of drug-likeness (QED) is 0.875. The van der Waals surface area contributed by atoms with Gasteiger partial charge in [0.05, 0.1) is 0 Å². The predicted octanol–water partition coefficient (Wildman–Crippen LogP) is 4.10. The normalized spacial score (nSPS) is 11.4. The largest absolute Gasteiger partial charge is 0.321 e. The molecule has 0 aliphatic rings. The lowest BCUT2D eigenvalue weighted by Gasteiger charge is -2.17. The molecule has 0 heterocycles. The van der Waals surface area contributed by atoms with Gasteiger partial charge in [0.1, 0.15) is 5.69 Å². The third kappa shape index (κ3) is 4.42. The third-order valence-corrected chi connectivity index (χ3v) is 2.42. The van der Waals surface area contributed by atoms with Crippen molar-refractivity contribution in [3.05, 3.63) is 28.2 Å². The smallest absolute Gasteiger partial charge is 0.225 e. The fourth-order valence-corrected chi connectivity index (χ4v) is 1.73. The topological polar surface area (TPSA) is 29.1 Å². The van der Waals surface area contributed by atoms with Gasteiger partial charge in [-0.3, -0.25) is 4.79 Å². The van der Waals surface area contributed by atoms with Crippen molar-refractivity contribution in [2.75, 3.05) is 5.32 Å². The maximum Gasteiger partial charge on any atom is 0.225 e. The average Bonchev–Trinajstić information content (AvgIpc) is 2.08. The molecule has 1 rings (SSSR count). The number of rotatable bonds is 2. The second kappa shape index (κ2) is 5.12. The molecule has 94 valence electrons. The van der Waals surface area contributed by atoms with E-state index in [4.69, 9.17) is 0 Å². The number of amides is 1. The molecule has 17 heavy (non-hydrogen) atoms. The summed E-state index contributed by atoms with van der Waals surface area (Å²) in [7, 11) is 0. The van der Waals surface area contributed by atoms with E-state index in [0.29, 0.717) is 4.47 Å². The Bertz CT molecular complexity index is 418. The molecule has 0 fully saturated rings. The SMILES string of the molecule is CC(C)(C)CC(=O)Nc1c(F)cc(Br)cc1F. The van der Waals surface area contributed by atoms with Crippen LogP contribution >= 0.6 is 15.9 Å². The van der Waals surface area contributed by atoms with Crippen molar-refractivity contribution >= 4 is 27.5 Å². The van der Waals surface area contributed by atoms with Gasteiger partial charge in [0.2, 0.25) is 5.91 Å². The van der Waals surface area contributed by atoms with Crippen LogP contribution in [0.2, 0.25) is 0 Å². The highest BCUT2D eigenvalue weighted by atomic mass is 79.9. The van der Waals surface area contributed by atoms with Gasteiger partial charge in [-0.15, -0.1) is 0 Å². The van der Waals surface area contributed by atoms with Gasteiger partial charge in [0.25, 0.3) is 0 Å². The summed E-state index contributed by atoms with van der Waals surface area (Å²) in [5.74, 6) is -1.99. The van der Waals surface area contributed by atoms with E-state index in [-0.39, 0.29) is 11.8 Å². The Morgan fingerprint density at radius 3 is 2.18 bits per heavy atom. The summed E-state index contributed by atoms with van der Waals surface area (Å²) in [5.41, 5.74) is -0.630. The summed E-state index contributed by atoms with van der Waals surface area (Å²) >= 11 is 2.97. The minimum Gasteiger partial charge on any atom is -0.321 e. The van der Waals surface area contributed by atoms with E-state index in [2.05, 4.69) is 21.2 Å². The summed E-state index contributed by atoms with van der Waals surface area (Å²) in [6, 6.07) is 2.21. The molecule has 0 saturated carbocycles. The zero-order chi connectivity index (χ0) is 13.2. The molecule has 0 atom stereocenters. The molecule has 0 bridgehead atoms. The summed E-state index contributed by atoms with van der Waals surface area (Å²) < 4.78 is 27.1. The summed E-state index contributed by atoms with van der Waals surface area (Å²) in [4.78, 5) is 11.6. The van der Waals surface area contributed by atoms with Crippen LogP contribution in [-0.2, 0) is 4.79 Å². The summed E-state index contributed by atoms with van der Waals surface area (Å²) in [6.45, 7) is 5.63. The molecule has 0 spiro atoms. The molecule has 0 aliphatic heterocycles. The number of hydrogen-bond donors (Lipinski definition) is 1. The number of benzene rings is 1. The fraction of sp³-hybridized carbons (Fsp3) is 0.417. The maximum absolute atomic E-state index is 13.4. The molecule has 0 saturated heterocycles. The molecule has 0 radical (unpaired) electrons. The van der Waals surface area contributed by atoms with Crippen molar-refractivity contribution in [3.63, 3.8) is 0 Å². The van der Waals surface area contributed by atoms with Crippen molar-refractivity contribution < 1.29 is 13.6 Å². The zero-order valence-electron chi connectivity index (χ0n) is 9.90. The van der Waals surface area contributed by atoms with Crippen molar-refractivity contribution in [1.82, 2.24) is 0 Å². The monoisotopic (exact) mass is 305 g/mol. The molecule has 1 aromatic rings. The molecule has 1 amide bonds. The molecule has 1 N–H and O–H groups in total. The highest BCUT2D eigenvalue weighted by Gasteiger charge is 2.19. The van der Waals surface area contributed by atoms with Crippen LogP contribution in [0, 0.1) is 17.0 Å². The van der Waals surface area contributed by atoms with Crippen molar-refractivity contribution in [1.29, 1.82) is 0 Å². The Morgan fingerprint density at radius 2 is 1.76 bits per heavy atom. The first-order valence-corrected chi connectivity index (χ1v) is 5.93. The molecule has 0 aliphatic carbocycles. The Labute approximate surface area is 108 Å². The molecular weight excluding hydrogens is 292 g/mol. The van der Waals surface area contributed by atoms with Gasteiger partial charge >= 0.3 is 0 Å². The van der Waals surface area contributed by atoms with Crippen LogP contribution in [0.3, 0.4) is 0 Å². The third-order valence-electron chi connectivity index (χ3n) is 1.96. The summed E-state index contributed by atoms with van der Waals surface area (Å²) in [6.07, 6.45) is 0.196. The van der Waals surface area contributed by atoms with Crippen molar-refractivity contribution in [2.24, 2.45) is 5.41 Å². The second-order valence-electron chi connectivity index (χ2n) is 5.03. The number of carbonyl (C=O) groups excluding carboxylic acids is 1. The van der Waals surface area contributed by atoms with Gasteiger partial charge in [-0.1, -0.05) is 36.7 Å². The van der Waals surface area contributed by atoms with E-state index in [9.17, 15) is 13.6 Å². The first-order valence-electron chi connectivity index (χ1n) is 5.13. The van der Waals surface area contributed by atoms with Gasteiger partial charge in [-0.05, 0) is 17.5 Å². The van der Waals surface area contributed by atoms with Crippen LogP contribution in [0.1, 0.15) is 27.2 Å². The second-order valence-corrected chi connectivity index (χ2v) is 5.95. The number of anilines is 1. The lowest BCUT2D eigenvalue weighted by atomic mass is 9.92. The van der Waals surface area contributed by atoms with Crippen LogP contribution in [0.4, 0.5) is 14.5 Å². The van der Waals surface area contributed by atoms with E-state index in [0.717, 1.165) is 12.1 Å². The standard InChI is InChI=1S/C12H14BrF2NO/c1-12(2,3)6-10(17)16-11-8(14)4-7(13)5-9(11)15/h4-5H,6H2,1-3H3,(H,16,17). The Morgan fingerprint density at radius 1 is 1.29 bits per heavy atom. The van der Waals surface area contributed by atoms with Crippen molar-refractivity contribution in [2.45, 2.75) is 27.2 Å². The van der Waals surface area contributed by atoms with Gasteiger partial charge in [-0.25, -0.2) is 8.78 Å². The van der Waals surface area contributed by atoms with Gasteiger partial charge in [-0.2, -0.15) is 0 Å². The van der Waals surface area contributed by atoms with Crippen molar-refractivity contribution in [3.8, 4) is 0 Å². The number of hydrogen-bond acceptors (Lipinski definition) is 1. The van der Waals surface area contributed by atoms with Crippen LogP contribution in [0.15, 0.2) is 16.6 Å². The first kappa shape index (κ1) is 14.1. The number of halogens is 3. The molecule has 0 aromatic heterocycles. The van der Waals surface area contributed by atoms with Crippen LogP contribution in [-0.4, -0.2) is 5.91 Å². The molecule has 1 aromatic carbocycles. The Kier molecular flexibility index (Phi) is 4.25. The van der Waals surface area contributed by atoms with E-state index in [1.807, 2.05) is 20.8 Å². The van der Waals surface area contributed by atoms with E-state index < -0.39 is 23.2 Å². The average molecular weight is 306 g/mol. The van der Waals surface area contributed by atoms with E-state index >= 15 is 0 Å².